The minimum atomic E-state index is -1.79. The molecule has 0 amide bonds. The van der Waals surface area contributed by atoms with Crippen molar-refractivity contribution in [2.45, 2.75) is 82.4 Å². The zero-order chi connectivity index (χ0) is 33.2. The Morgan fingerprint density at radius 1 is 0.978 bits per heavy atom. The monoisotopic (exact) mass is 634 g/mol. The topological polar surface area (TPSA) is 208 Å². The molecule has 4 rings (SSSR count). The molecular weight excluding hydrogens is 596 g/mol. The van der Waals surface area contributed by atoms with Crippen LogP contribution in [-0.2, 0) is 23.8 Å². The normalized spacial score (nSPS) is 25.8. The summed E-state index contributed by atoms with van der Waals surface area (Å²) in [5.41, 5.74) is -0.645. The molecule has 1 fully saturated rings. The molecule has 2 aromatic rings. The Labute approximate surface area is 259 Å². The predicted molar refractivity (Wildman–Crippen MR) is 153 cm³/mol. The first-order valence-corrected chi connectivity index (χ1v) is 14.2. The minimum Gasteiger partial charge on any atom is -0.507 e. The molecule has 14 nitrogen and oxygen atoms in total. The van der Waals surface area contributed by atoms with Crippen molar-refractivity contribution in [3.63, 3.8) is 0 Å². The van der Waals surface area contributed by atoms with Crippen LogP contribution in [-0.4, -0.2) is 100 Å². The number of rotatable bonds is 10. The summed E-state index contributed by atoms with van der Waals surface area (Å²) in [6.45, 7) is 3.72. The van der Waals surface area contributed by atoms with Gasteiger partial charge in [0.1, 0.15) is 65.7 Å². The van der Waals surface area contributed by atoms with E-state index >= 15 is 0 Å². The summed E-state index contributed by atoms with van der Waals surface area (Å²) >= 11 is 0. The third-order valence-electron chi connectivity index (χ3n) is 7.83. The number of phenolic OH excluding ortho intramolecular Hbond substituents is 1. The third kappa shape index (κ3) is 7.31. The van der Waals surface area contributed by atoms with Gasteiger partial charge in [0, 0.05) is 11.1 Å². The Morgan fingerprint density at radius 3 is 2.24 bits per heavy atom. The van der Waals surface area contributed by atoms with Crippen molar-refractivity contribution < 1.29 is 68.3 Å². The highest BCUT2D eigenvalue weighted by Crippen LogP contribution is 2.48. The average Bonchev–Trinajstić information content (AvgIpc) is 3.00. The second-order valence-electron chi connectivity index (χ2n) is 11.4. The van der Waals surface area contributed by atoms with Gasteiger partial charge in [-0.2, -0.15) is 0 Å². The maximum absolute atomic E-state index is 13.2. The van der Waals surface area contributed by atoms with Crippen molar-refractivity contribution in [1.82, 2.24) is 0 Å². The molecule has 0 aromatic heterocycles. The molecular formula is C31H38O14. The molecule has 246 valence electrons. The van der Waals surface area contributed by atoms with Crippen molar-refractivity contribution in [2.24, 2.45) is 0 Å². The molecule has 45 heavy (non-hydrogen) atoms. The predicted octanol–water partition coefficient (Wildman–Crippen LogP) is 1.16. The van der Waals surface area contributed by atoms with Crippen LogP contribution in [0, 0.1) is 13.8 Å². The van der Waals surface area contributed by atoms with Gasteiger partial charge in [0.15, 0.2) is 5.78 Å². The van der Waals surface area contributed by atoms with Crippen molar-refractivity contribution in [3.8, 4) is 23.0 Å². The number of ketones is 1. The largest absolute Gasteiger partial charge is 0.507 e. The zero-order valence-electron chi connectivity index (χ0n) is 25.5. The van der Waals surface area contributed by atoms with E-state index in [1.807, 2.05) is 0 Å². The number of aromatic hydroxyl groups is 1. The number of carbonyl (C=O) groups is 3. The summed E-state index contributed by atoms with van der Waals surface area (Å²) < 4.78 is 32.6. The summed E-state index contributed by atoms with van der Waals surface area (Å²) in [5, 5.41) is 53.0. The van der Waals surface area contributed by atoms with Crippen molar-refractivity contribution in [2.75, 3.05) is 20.8 Å². The molecule has 2 aromatic carbocycles. The van der Waals surface area contributed by atoms with Gasteiger partial charge < -0.3 is 54.0 Å². The van der Waals surface area contributed by atoms with Gasteiger partial charge in [-0.25, -0.2) is 0 Å². The van der Waals surface area contributed by atoms with E-state index in [1.54, 1.807) is 31.2 Å². The molecule has 0 spiro atoms. The average molecular weight is 635 g/mol. The molecule has 1 unspecified atom stereocenters. The summed E-state index contributed by atoms with van der Waals surface area (Å²) in [5.74, 6) is -1.72. The lowest BCUT2D eigenvalue weighted by Gasteiger charge is -2.40. The third-order valence-corrected chi connectivity index (χ3v) is 7.83. The second kappa shape index (κ2) is 13.6. The molecule has 1 saturated heterocycles. The fraction of sp³-hybridized carbons (Fsp3) is 0.516. The Morgan fingerprint density at radius 2 is 1.62 bits per heavy atom. The van der Waals surface area contributed by atoms with E-state index in [-0.39, 0.29) is 40.6 Å². The van der Waals surface area contributed by atoms with E-state index < -0.39 is 73.8 Å². The van der Waals surface area contributed by atoms with Crippen LogP contribution in [0.25, 0.3) is 0 Å². The van der Waals surface area contributed by atoms with E-state index in [9.17, 15) is 39.9 Å². The lowest BCUT2D eigenvalue weighted by Crippen LogP contribution is -2.60. The van der Waals surface area contributed by atoms with Gasteiger partial charge in [0.25, 0.3) is 0 Å². The number of phenols is 1. The quantitative estimate of drug-likeness (QED) is 0.233. The molecule has 2 aliphatic heterocycles. The minimum absolute atomic E-state index is 0.00308. The number of aliphatic hydroxyl groups excluding tert-OH is 3. The van der Waals surface area contributed by atoms with Crippen LogP contribution in [0.2, 0.25) is 0 Å². The van der Waals surface area contributed by atoms with Crippen LogP contribution < -0.4 is 14.2 Å². The molecule has 14 heteroatoms. The summed E-state index contributed by atoms with van der Waals surface area (Å²) in [4.78, 5) is 37.0. The standard InChI is InChI=1S/C31H38O14/c1-14-24(35)23-18(32)10-19(16-6-8-17(40-4)9-7-16)43-29(23)15(2)28(14)45-30-27(38)26(37)25(36)20(44-30)13-42-22(34)12-31(3,39)11-21(33)41-5/h6-9,19-20,25-27,30,35-39H,10-13H2,1-5H3/t19-,20+,25+,26-,27+,30-,31?/m0/s1. The van der Waals surface area contributed by atoms with Crippen LogP contribution in [0.1, 0.15) is 59.3 Å². The van der Waals surface area contributed by atoms with Crippen LogP contribution in [0.4, 0.5) is 0 Å². The Hall–Kier alpha value is -3.95. The Kier molecular flexibility index (Phi) is 10.2. The number of esters is 2. The lowest BCUT2D eigenvalue weighted by molar-refractivity contribution is -0.279. The van der Waals surface area contributed by atoms with Crippen LogP contribution >= 0.6 is 0 Å². The first-order valence-electron chi connectivity index (χ1n) is 14.2. The molecule has 5 N–H and O–H groups in total. The van der Waals surface area contributed by atoms with Gasteiger partial charge in [0.05, 0.1) is 39.1 Å². The molecule has 7 atom stereocenters. The van der Waals surface area contributed by atoms with Crippen molar-refractivity contribution >= 4 is 17.7 Å². The molecule has 0 radical (unpaired) electrons. The van der Waals surface area contributed by atoms with Crippen LogP contribution in [0.3, 0.4) is 0 Å². The number of methoxy groups -OCH3 is 2. The highest BCUT2D eigenvalue weighted by atomic mass is 16.7. The molecule has 0 saturated carbocycles. The number of fused-ring (bicyclic) bond motifs is 1. The Bertz CT molecular complexity index is 1420. The van der Waals surface area contributed by atoms with Crippen molar-refractivity contribution in [3.05, 3.63) is 46.5 Å². The smallest absolute Gasteiger partial charge is 0.308 e. The van der Waals surface area contributed by atoms with Gasteiger partial charge in [-0.05, 0) is 38.5 Å². The number of Topliss-reactive ketones (excluding diaryl/α,β-unsaturated/α-hetero) is 1. The van der Waals surface area contributed by atoms with Gasteiger partial charge in [-0.3, -0.25) is 14.4 Å². The molecule has 0 aliphatic carbocycles. The van der Waals surface area contributed by atoms with E-state index in [4.69, 9.17) is 23.7 Å². The number of hydrogen-bond donors (Lipinski definition) is 5. The lowest BCUT2D eigenvalue weighted by atomic mass is 9.91. The van der Waals surface area contributed by atoms with E-state index in [0.29, 0.717) is 16.9 Å². The van der Waals surface area contributed by atoms with E-state index in [1.165, 1.54) is 21.0 Å². The first-order chi connectivity index (χ1) is 21.2. The van der Waals surface area contributed by atoms with Gasteiger partial charge in [-0.1, -0.05) is 12.1 Å². The Balaban J connectivity index is 1.53. The number of carbonyl (C=O) groups excluding carboxylic acids is 3. The van der Waals surface area contributed by atoms with E-state index in [0.717, 1.165) is 7.11 Å². The maximum Gasteiger partial charge on any atom is 0.308 e. The molecule has 0 bridgehead atoms. The van der Waals surface area contributed by atoms with Crippen LogP contribution in [0.5, 0.6) is 23.0 Å². The fourth-order valence-electron chi connectivity index (χ4n) is 5.27. The number of hydrogen-bond acceptors (Lipinski definition) is 14. The van der Waals surface area contributed by atoms with Gasteiger partial charge in [-0.15, -0.1) is 0 Å². The molecule has 2 aliphatic rings. The second-order valence-corrected chi connectivity index (χ2v) is 11.4. The van der Waals surface area contributed by atoms with E-state index in [2.05, 4.69) is 4.74 Å². The molecule has 2 heterocycles. The number of benzene rings is 2. The van der Waals surface area contributed by atoms with Crippen LogP contribution in [0.15, 0.2) is 24.3 Å². The summed E-state index contributed by atoms with van der Waals surface area (Å²) in [6.07, 6.45) is -10.0. The maximum atomic E-state index is 13.2. The highest BCUT2D eigenvalue weighted by Gasteiger charge is 2.46. The highest BCUT2D eigenvalue weighted by molar-refractivity contribution is 6.04. The zero-order valence-corrected chi connectivity index (χ0v) is 25.5. The summed E-state index contributed by atoms with van der Waals surface area (Å²) in [7, 11) is 2.67. The van der Waals surface area contributed by atoms with Gasteiger partial charge in [0.2, 0.25) is 6.29 Å². The number of aliphatic hydroxyl groups is 4. The van der Waals surface area contributed by atoms with Crippen molar-refractivity contribution in [1.29, 1.82) is 0 Å². The fourth-order valence-corrected chi connectivity index (χ4v) is 5.27. The van der Waals surface area contributed by atoms with Gasteiger partial charge >= 0.3 is 11.9 Å². The SMILES string of the molecule is COC(=O)CC(C)(O)CC(=O)OC[C@H]1O[C@@H](Oc2c(C)c(O)c3c(c2C)O[C@H](c2ccc(OC)cc2)CC3=O)[C@H](O)[C@@H](O)[C@@H]1O. The number of ether oxygens (including phenoxy) is 6. The first kappa shape index (κ1) is 33.9. The summed E-state index contributed by atoms with van der Waals surface area (Å²) in [6, 6.07) is 6.97.